The van der Waals surface area contributed by atoms with Crippen molar-refractivity contribution >= 4 is 23.2 Å². The molecule has 0 saturated carbocycles. The number of benzene rings is 2. The van der Waals surface area contributed by atoms with Crippen LogP contribution in [0.3, 0.4) is 0 Å². The van der Waals surface area contributed by atoms with Crippen LogP contribution >= 0.6 is 11.6 Å². The summed E-state index contributed by atoms with van der Waals surface area (Å²) in [5, 5.41) is 11.4. The summed E-state index contributed by atoms with van der Waals surface area (Å²) < 4.78 is 40.2. The molecule has 1 amide bonds. The highest BCUT2D eigenvalue weighted by atomic mass is 35.5. The van der Waals surface area contributed by atoms with E-state index in [-0.39, 0.29) is 24.9 Å². The number of nitrogens with zero attached hydrogens (tertiary/aromatic N) is 4. The van der Waals surface area contributed by atoms with E-state index in [0.29, 0.717) is 16.5 Å². The van der Waals surface area contributed by atoms with Crippen molar-refractivity contribution in [2.24, 2.45) is 0 Å². The molecule has 0 unspecified atom stereocenters. The van der Waals surface area contributed by atoms with Crippen LogP contribution in [-0.4, -0.2) is 25.5 Å². The molecule has 0 bridgehead atoms. The maximum Gasteiger partial charge on any atom is 0.276 e. The summed E-state index contributed by atoms with van der Waals surface area (Å²) in [5.41, 5.74) is 0.569. The molecule has 1 N–H and O–H groups in total. The van der Waals surface area contributed by atoms with Crippen LogP contribution in [0.1, 0.15) is 10.5 Å². The number of anilines is 1. The van der Waals surface area contributed by atoms with Crippen LogP contribution in [0.4, 0.5) is 14.5 Å². The average molecular weight is 460 g/mol. The van der Waals surface area contributed by atoms with Crippen molar-refractivity contribution in [3.8, 4) is 11.5 Å². The zero-order chi connectivity index (χ0) is 22.5. The summed E-state index contributed by atoms with van der Waals surface area (Å²) in [6.07, 6.45) is 4.56. The van der Waals surface area contributed by atoms with Crippen LogP contribution in [0.15, 0.2) is 67.1 Å². The number of ether oxygens (including phenoxy) is 2. The predicted molar refractivity (Wildman–Crippen MR) is 111 cm³/mol. The summed E-state index contributed by atoms with van der Waals surface area (Å²) in [4.78, 5) is 12.4. The molecule has 4 aromatic rings. The Morgan fingerprint density at radius 2 is 1.91 bits per heavy atom. The zero-order valence-electron chi connectivity index (χ0n) is 16.4. The predicted octanol–water partition coefficient (Wildman–Crippen LogP) is 4.34. The average Bonchev–Trinajstić information content (AvgIpc) is 3.41. The SMILES string of the molecule is O=C(Nc1cnn(COc2cccc(Cl)c2)c1)c1ccn(COc2ccc(F)cc2F)n1. The first kappa shape index (κ1) is 21.3. The highest BCUT2D eigenvalue weighted by Gasteiger charge is 2.12. The first-order chi connectivity index (χ1) is 15.5. The Labute approximate surface area is 185 Å². The summed E-state index contributed by atoms with van der Waals surface area (Å²) in [6.45, 7) is -0.0310. The molecule has 8 nitrogen and oxygen atoms in total. The summed E-state index contributed by atoms with van der Waals surface area (Å²) in [5.74, 6) is -1.53. The summed E-state index contributed by atoms with van der Waals surface area (Å²) >= 11 is 5.92. The van der Waals surface area contributed by atoms with E-state index in [9.17, 15) is 13.6 Å². The number of aromatic nitrogens is 4. The monoisotopic (exact) mass is 459 g/mol. The Bertz CT molecular complexity index is 1240. The lowest BCUT2D eigenvalue weighted by Crippen LogP contribution is -2.14. The van der Waals surface area contributed by atoms with Crippen molar-refractivity contribution in [2.45, 2.75) is 13.5 Å². The number of halogens is 3. The van der Waals surface area contributed by atoms with E-state index in [1.165, 1.54) is 33.9 Å². The Hall–Kier alpha value is -3.92. The van der Waals surface area contributed by atoms with Gasteiger partial charge in [0, 0.05) is 17.3 Å². The molecule has 0 atom stereocenters. The van der Waals surface area contributed by atoms with Crippen LogP contribution in [0.5, 0.6) is 11.5 Å². The third-order valence-electron chi connectivity index (χ3n) is 4.17. The van der Waals surface area contributed by atoms with Crippen molar-refractivity contribution in [1.82, 2.24) is 19.6 Å². The fourth-order valence-corrected chi connectivity index (χ4v) is 2.85. The van der Waals surface area contributed by atoms with E-state index in [1.807, 2.05) is 0 Å². The van der Waals surface area contributed by atoms with Crippen molar-refractivity contribution in [2.75, 3.05) is 5.32 Å². The molecule has 0 aliphatic heterocycles. The number of hydrogen-bond acceptors (Lipinski definition) is 5. The quantitative estimate of drug-likeness (QED) is 0.424. The minimum Gasteiger partial charge on any atom is -0.471 e. The van der Waals surface area contributed by atoms with Gasteiger partial charge in [-0.25, -0.2) is 18.1 Å². The number of rotatable bonds is 8. The normalized spacial score (nSPS) is 10.7. The second-order valence-corrected chi connectivity index (χ2v) is 6.98. The van der Waals surface area contributed by atoms with Gasteiger partial charge in [-0.05, 0) is 36.4 Å². The molecule has 0 fully saturated rings. The van der Waals surface area contributed by atoms with Gasteiger partial charge in [0.2, 0.25) is 0 Å². The lowest BCUT2D eigenvalue weighted by atomic mass is 10.3. The van der Waals surface area contributed by atoms with Gasteiger partial charge in [0.25, 0.3) is 5.91 Å². The number of carbonyl (C=O) groups excluding carboxylic acids is 1. The molecule has 2 aromatic carbocycles. The number of carbonyl (C=O) groups is 1. The van der Waals surface area contributed by atoms with Crippen LogP contribution in [0, 0.1) is 11.6 Å². The van der Waals surface area contributed by atoms with Gasteiger partial charge in [-0.3, -0.25) is 4.79 Å². The number of hydrogen-bond donors (Lipinski definition) is 1. The van der Waals surface area contributed by atoms with Gasteiger partial charge in [0.15, 0.2) is 30.7 Å². The van der Waals surface area contributed by atoms with Gasteiger partial charge in [0.1, 0.15) is 11.6 Å². The van der Waals surface area contributed by atoms with Crippen molar-refractivity contribution in [1.29, 1.82) is 0 Å². The molecule has 4 rings (SSSR count). The van der Waals surface area contributed by atoms with Crippen molar-refractivity contribution in [3.63, 3.8) is 0 Å². The lowest BCUT2D eigenvalue weighted by molar-refractivity contribution is 0.102. The second-order valence-electron chi connectivity index (χ2n) is 6.54. The molecule has 2 heterocycles. The van der Waals surface area contributed by atoms with Crippen LogP contribution in [-0.2, 0) is 13.5 Å². The minimum atomic E-state index is -0.827. The third kappa shape index (κ3) is 5.41. The van der Waals surface area contributed by atoms with E-state index in [0.717, 1.165) is 12.1 Å². The smallest absolute Gasteiger partial charge is 0.276 e. The molecule has 2 aromatic heterocycles. The lowest BCUT2D eigenvalue weighted by Gasteiger charge is -2.07. The van der Waals surface area contributed by atoms with Crippen molar-refractivity contribution in [3.05, 3.63) is 89.5 Å². The molecule has 0 aliphatic carbocycles. The topological polar surface area (TPSA) is 83.2 Å². The van der Waals surface area contributed by atoms with E-state index in [2.05, 4.69) is 15.5 Å². The fraction of sp³-hybridized carbons (Fsp3) is 0.0952. The highest BCUT2D eigenvalue weighted by molar-refractivity contribution is 6.30. The standard InChI is InChI=1S/C21H16ClF2N5O3/c22-14-2-1-3-17(8-14)31-13-29-11-16(10-25-29)26-21(30)19-6-7-28(27-19)12-32-20-5-4-15(23)9-18(20)24/h1-11H,12-13H2,(H,26,30). The first-order valence-electron chi connectivity index (χ1n) is 9.30. The Balaban J connectivity index is 1.30. The van der Waals surface area contributed by atoms with Gasteiger partial charge in [-0.2, -0.15) is 10.2 Å². The molecule has 0 radical (unpaired) electrons. The van der Waals surface area contributed by atoms with E-state index >= 15 is 0 Å². The Morgan fingerprint density at radius 3 is 2.72 bits per heavy atom. The highest BCUT2D eigenvalue weighted by Crippen LogP contribution is 2.19. The van der Waals surface area contributed by atoms with E-state index < -0.39 is 17.5 Å². The third-order valence-corrected chi connectivity index (χ3v) is 4.41. The fourth-order valence-electron chi connectivity index (χ4n) is 2.67. The molecule has 11 heteroatoms. The molecular formula is C21H16ClF2N5O3. The maximum atomic E-state index is 13.6. The van der Waals surface area contributed by atoms with Crippen LogP contribution in [0.2, 0.25) is 5.02 Å². The van der Waals surface area contributed by atoms with Crippen LogP contribution in [0.25, 0.3) is 0 Å². The molecule has 32 heavy (non-hydrogen) atoms. The number of nitrogens with one attached hydrogen (secondary N) is 1. The molecule has 164 valence electrons. The summed E-state index contributed by atoms with van der Waals surface area (Å²) in [7, 11) is 0. The molecule has 0 saturated heterocycles. The Kier molecular flexibility index (Phi) is 6.31. The first-order valence-corrected chi connectivity index (χ1v) is 9.67. The largest absolute Gasteiger partial charge is 0.471 e. The number of amides is 1. The molecule has 0 aliphatic rings. The van der Waals surface area contributed by atoms with E-state index in [4.69, 9.17) is 21.1 Å². The second kappa shape index (κ2) is 9.48. The molecule has 0 spiro atoms. The van der Waals surface area contributed by atoms with Gasteiger partial charge >= 0.3 is 0 Å². The minimum absolute atomic E-state index is 0.121. The van der Waals surface area contributed by atoms with Gasteiger partial charge in [0.05, 0.1) is 18.1 Å². The van der Waals surface area contributed by atoms with Crippen molar-refractivity contribution < 1.29 is 23.0 Å². The Morgan fingerprint density at radius 1 is 1.06 bits per heavy atom. The van der Waals surface area contributed by atoms with Gasteiger partial charge < -0.3 is 14.8 Å². The molecular weight excluding hydrogens is 444 g/mol. The van der Waals surface area contributed by atoms with Gasteiger partial charge in [-0.1, -0.05) is 17.7 Å². The summed E-state index contributed by atoms with van der Waals surface area (Å²) in [6, 6.07) is 11.4. The van der Waals surface area contributed by atoms with Crippen LogP contribution < -0.4 is 14.8 Å². The van der Waals surface area contributed by atoms with Gasteiger partial charge in [-0.15, -0.1) is 0 Å². The zero-order valence-corrected chi connectivity index (χ0v) is 17.2. The van der Waals surface area contributed by atoms with E-state index in [1.54, 1.807) is 30.5 Å². The maximum absolute atomic E-state index is 13.6.